The smallest absolute Gasteiger partial charge is 0.0848 e. The molecule has 3 nitrogen and oxygen atoms in total. The van der Waals surface area contributed by atoms with Gasteiger partial charge in [-0.15, -0.1) is 0 Å². The highest BCUT2D eigenvalue weighted by atomic mass is 35.5. The predicted octanol–water partition coefficient (Wildman–Crippen LogP) is 3.91. The lowest BCUT2D eigenvalue weighted by Gasteiger charge is -2.09. The van der Waals surface area contributed by atoms with Gasteiger partial charge < -0.3 is 5.32 Å². The third-order valence-corrected chi connectivity index (χ3v) is 3.87. The molecule has 19 heavy (non-hydrogen) atoms. The molecule has 1 heterocycles. The molecule has 0 spiro atoms. The van der Waals surface area contributed by atoms with E-state index in [0.29, 0.717) is 10.0 Å². The summed E-state index contributed by atoms with van der Waals surface area (Å²) in [6, 6.07) is 5.99. The summed E-state index contributed by atoms with van der Waals surface area (Å²) in [5.74, 6) is 0. The van der Waals surface area contributed by atoms with Gasteiger partial charge >= 0.3 is 0 Å². The average Bonchev–Trinajstić information content (AvgIpc) is 2.64. The van der Waals surface area contributed by atoms with Gasteiger partial charge in [0.2, 0.25) is 0 Å². The minimum atomic E-state index is 0.678. The first-order valence-electron chi connectivity index (χ1n) is 6.25. The van der Waals surface area contributed by atoms with Crippen LogP contribution in [0, 0.1) is 13.8 Å². The molecule has 1 aromatic heterocycles. The first kappa shape index (κ1) is 14.4. The molecule has 1 aromatic carbocycles. The fourth-order valence-corrected chi connectivity index (χ4v) is 2.36. The van der Waals surface area contributed by atoms with Crippen LogP contribution in [0.2, 0.25) is 10.0 Å². The number of aromatic nitrogens is 2. The van der Waals surface area contributed by atoms with Crippen LogP contribution in [0.15, 0.2) is 18.2 Å². The number of benzene rings is 1. The molecule has 5 heteroatoms. The molecule has 0 aliphatic rings. The first-order chi connectivity index (χ1) is 9.04. The van der Waals surface area contributed by atoms with E-state index in [1.165, 1.54) is 0 Å². The summed E-state index contributed by atoms with van der Waals surface area (Å²) in [5, 5.41) is 9.06. The summed E-state index contributed by atoms with van der Waals surface area (Å²) < 4.78 is 1.79. The van der Waals surface area contributed by atoms with Gasteiger partial charge in [-0.3, -0.25) is 0 Å². The van der Waals surface area contributed by atoms with Crippen LogP contribution < -0.4 is 5.32 Å². The van der Waals surface area contributed by atoms with Gasteiger partial charge in [0.15, 0.2) is 0 Å². The fraction of sp³-hybridized carbons (Fsp3) is 0.357. The Balaban J connectivity index is 2.37. The first-order valence-corrected chi connectivity index (χ1v) is 7.01. The van der Waals surface area contributed by atoms with Gasteiger partial charge in [-0.1, -0.05) is 36.2 Å². The van der Waals surface area contributed by atoms with Crippen molar-refractivity contribution in [3.8, 4) is 5.69 Å². The van der Waals surface area contributed by atoms with Crippen LogP contribution in [0.5, 0.6) is 0 Å². The molecular formula is C14H17Cl2N3. The van der Waals surface area contributed by atoms with Gasteiger partial charge in [0.1, 0.15) is 0 Å². The maximum Gasteiger partial charge on any atom is 0.0848 e. The lowest BCUT2D eigenvalue weighted by molar-refractivity contribution is 0.726. The highest BCUT2D eigenvalue weighted by Gasteiger charge is 2.13. The number of nitrogens with one attached hydrogen (secondary N) is 1. The molecule has 0 atom stereocenters. The van der Waals surface area contributed by atoms with Crippen molar-refractivity contribution in [1.29, 1.82) is 0 Å². The molecule has 0 saturated heterocycles. The minimum absolute atomic E-state index is 0.678. The van der Waals surface area contributed by atoms with Crippen molar-refractivity contribution < 1.29 is 0 Å². The molecule has 0 unspecified atom stereocenters. The summed E-state index contributed by atoms with van der Waals surface area (Å²) in [5.41, 5.74) is 3.73. The van der Waals surface area contributed by atoms with Gasteiger partial charge in [-0.05, 0) is 38.1 Å². The van der Waals surface area contributed by atoms with E-state index >= 15 is 0 Å². The van der Waals surface area contributed by atoms with E-state index in [1.54, 1.807) is 4.68 Å². The van der Waals surface area contributed by atoms with Crippen LogP contribution in [0.25, 0.3) is 5.69 Å². The molecule has 1 N–H and O–H groups in total. The van der Waals surface area contributed by atoms with E-state index in [2.05, 4.69) is 17.3 Å². The fourth-order valence-electron chi connectivity index (χ4n) is 1.96. The standard InChI is InChI=1S/C14H17Cl2N3/c1-4-17-8-11-5-6-13(12(15)7-11)19-10(3)14(16)9(2)18-19/h5-7,17H,4,8H2,1-3H3. The Morgan fingerprint density at radius 2 is 2.00 bits per heavy atom. The van der Waals surface area contributed by atoms with Crippen molar-refractivity contribution in [2.24, 2.45) is 0 Å². The normalized spacial score (nSPS) is 11.0. The van der Waals surface area contributed by atoms with Crippen molar-refractivity contribution in [3.05, 3.63) is 45.2 Å². The van der Waals surface area contributed by atoms with Crippen LogP contribution in [0.4, 0.5) is 0 Å². The van der Waals surface area contributed by atoms with Gasteiger partial charge in [0.05, 0.1) is 27.1 Å². The number of halogens is 2. The lowest BCUT2D eigenvalue weighted by atomic mass is 10.2. The average molecular weight is 298 g/mol. The van der Waals surface area contributed by atoms with Gasteiger partial charge in [0, 0.05) is 6.54 Å². The largest absolute Gasteiger partial charge is 0.313 e. The Hall–Kier alpha value is -1.03. The lowest BCUT2D eigenvalue weighted by Crippen LogP contribution is -2.11. The number of aryl methyl sites for hydroxylation is 1. The third-order valence-electron chi connectivity index (χ3n) is 3.02. The van der Waals surface area contributed by atoms with Crippen LogP contribution in [0.3, 0.4) is 0 Å². The zero-order valence-electron chi connectivity index (χ0n) is 11.3. The van der Waals surface area contributed by atoms with Gasteiger partial charge in [-0.2, -0.15) is 5.10 Å². The molecular weight excluding hydrogens is 281 g/mol. The Kier molecular flexibility index (Phi) is 4.50. The highest BCUT2D eigenvalue weighted by molar-refractivity contribution is 6.33. The Labute approximate surface area is 123 Å². The summed E-state index contributed by atoms with van der Waals surface area (Å²) >= 11 is 12.5. The second kappa shape index (κ2) is 5.95. The van der Waals surface area contributed by atoms with Crippen LogP contribution in [-0.4, -0.2) is 16.3 Å². The zero-order chi connectivity index (χ0) is 14.0. The molecule has 0 radical (unpaired) electrons. The van der Waals surface area contributed by atoms with Crippen molar-refractivity contribution in [3.63, 3.8) is 0 Å². The minimum Gasteiger partial charge on any atom is -0.313 e. The molecule has 2 aromatic rings. The molecule has 0 fully saturated rings. The van der Waals surface area contributed by atoms with Crippen LogP contribution in [-0.2, 0) is 6.54 Å². The van der Waals surface area contributed by atoms with Crippen molar-refractivity contribution in [1.82, 2.24) is 15.1 Å². The third kappa shape index (κ3) is 2.94. The van der Waals surface area contributed by atoms with Crippen LogP contribution >= 0.6 is 23.2 Å². The van der Waals surface area contributed by atoms with Gasteiger partial charge in [-0.25, -0.2) is 4.68 Å². The molecule has 2 rings (SSSR count). The summed E-state index contributed by atoms with van der Waals surface area (Å²) in [6.45, 7) is 7.65. The zero-order valence-corrected chi connectivity index (χ0v) is 12.8. The molecule has 0 amide bonds. The van der Waals surface area contributed by atoms with Gasteiger partial charge in [0.25, 0.3) is 0 Å². The van der Waals surface area contributed by atoms with E-state index in [0.717, 1.165) is 35.7 Å². The maximum atomic E-state index is 6.34. The molecule has 0 aliphatic heterocycles. The molecule has 0 saturated carbocycles. The Morgan fingerprint density at radius 3 is 2.53 bits per heavy atom. The van der Waals surface area contributed by atoms with Crippen molar-refractivity contribution in [2.75, 3.05) is 6.54 Å². The maximum absolute atomic E-state index is 6.34. The second-order valence-electron chi connectivity index (χ2n) is 4.46. The van der Waals surface area contributed by atoms with Crippen LogP contribution in [0.1, 0.15) is 23.9 Å². The molecule has 0 aliphatic carbocycles. The number of nitrogens with zero attached hydrogens (tertiary/aromatic N) is 2. The number of hydrogen-bond acceptors (Lipinski definition) is 2. The summed E-state index contributed by atoms with van der Waals surface area (Å²) in [7, 11) is 0. The second-order valence-corrected chi connectivity index (χ2v) is 5.25. The number of hydrogen-bond donors (Lipinski definition) is 1. The number of rotatable bonds is 4. The van der Waals surface area contributed by atoms with E-state index in [-0.39, 0.29) is 0 Å². The Morgan fingerprint density at radius 1 is 1.26 bits per heavy atom. The van der Waals surface area contributed by atoms with E-state index in [9.17, 15) is 0 Å². The molecule has 0 bridgehead atoms. The SMILES string of the molecule is CCNCc1ccc(-n2nc(C)c(Cl)c2C)c(Cl)c1. The Bertz CT molecular complexity index is 591. The quantitative estimate of drug-likeness (QED) is 0.927. The summed E-state index contributed by atoms with van der Waals surface area (Å²) in [4.78, 5) is 0. The van der Waals surface area contributed by atoms with E-state index in [1.807, 2.05) is 32.0 Å². The topological polar surface area (TPSA) is 29.9 Å². The predicted molar refractivity (Wildman–Crippen MR) is 80.4 cm³/mol. The van der Waals surface area contributed by atoms with E-state index in [4.69, 9.17) is 23.2 Å². The van der Waals surface area contributed by atoms with E-state index < -0.39 is 0 Å². The monoisotopic (exact) mass is 297 g/mol. The van der Waals surface area contributed by atoms with Crippen molar-refractivity contribution >= 4 is 23.2 Å². The summed E-state index contributed by atoms with van der Waals surface area (Å²) in [6.07, 6.45) is 0. The van der Waals surface area contributed by atoms with Crippen molar-refractivity contribution in [2.45, 2.75) is 27.3 Å². The molecule has 102 valence electrons. The highest BCUT2D eigenvalue weighted by Crippen LogP contribution is 2.27.